The highest BCUT2D eigenvalue weighted by molar-refractivity contribution is 7.59. The van der Waals surface area contributed by atoms with Crippen LogP contribution < -0.4 is 0 Å². The normalized spacial score (nSPS) is 18.7. The van der Waals surface area contributed by atoms with Gasteiger partial charge in [0.05, 0.1) is 64.2 Å². The van der Waals surface area contributed by atoms with E-state index in [1.54, 1.807) is 6.92 Å². The molecule has 0 aromatic carbocycles. The van der Waals surface area contributed by atoms with E-state index >= 15 is 0 Å². The van der Waals surface area contributed by atoms with Gasteiger partial charge in [-0.05, 0) is 63.7 Å². The Kier molecular flexibility index (Phi) is 23.2. The summed E-state index contributed by atoms with van der Waals surface area (Å²) in [5.41, 5.74) is 2.50. The molecule has 3 rings (SSSR count). The SMILES string of the molecule is CC.CCCOCCOCCOCCOCCC(C)=O.CCn1nnc2c1CCC1C(CC2)C1COC(C)=O.S. The summed E-state index contributed by atoms with van der Waals surface area (Å²) in [5.74, 6) is 2.02. The van der Waals surface area contributed by atoms with E-state index in [9.17, 15) is 9.59 Å². The third-order valence-electron chi connectivity index (χ3n) is 6.70. The topological polar surface area (TPSA) is 111 Å². The van der Waals surface area contributed by atoms with E-state index < -0.39 is 0 Å². The summed E-state index contributed by atoms with van der Waals surface area (Å²) in [6.07, 6.45) is 5.93. The molecule has 0 N–H and O–H groups in total. The summed E-state index contributed by atoms with van der Waals surface area (Å²) in [4.78, 5) is 21.5. The lowest BCUT2D eigenvalue weighted by atomic mass is 10.0. The van der Waals surface area contributed by atoms with Crippen LogP contribution in [0.15, 0.2) is 0 Å². The second kappa shape index (κ2) is 24.1. The molecule has 3 atom stereocenters. The third kappa shape index (κ3) is 16.0. The molecule has 40 heavy (non-hydrogen) atoms. The third-order valence-corrected chi connectivity index (χ3v) is 6.70. The average molecular weight is 590 g/mol. The Morgan fingerprint density at radius 3 is 1.85 bits per heavy atom. The number of aromatic nitrogens is 3. The summed E-state index contributed by atoms with van der Waals surface area (Å²) < 4.78 is 28.3. The van der Waals surface area contributed by atoms with Crippen molar-refractivity contribution in [2.45, 2.75) is 86.6 Å². The van der Waals surface area contributed by atoms with Crippen molar-refractivity contribution in [1.82, 2.24) is 15.0 Å². The van der Waals surface area contributed by atoms with E-state index in [-0.39, 0.29) is 25.2 Å². The molecule has 1 fully saturated rings. The fourth-order valence-electron chi connectivity index (χ4n) is 4.66. The number of rotatable bonds is 17. The van der Waals surface area contributed by atoms with Crippen LogP contribution in [0.3, 0.4) is 0 Å². The lowest BCUT2D eigenvalue weighted by molar-refractivity contribution is -0.141. The van der Waals surface area contributed by atoms with Crippen molar-refractivity contribution in [2.24, 2.45) is 17.8 Å². The number of carbonyl (C=O) groups excluding carboxylic acids is 2. The number of esters is 1. The number of hydrogen-bond donors (Lipinski definition) is 0. The van der Waals surface area contributed by atoms with Gasteiger partial charge in [0.15, 0.2) is 0 Å². The van der Waals surface area contributed by atoms with E-state index in [0.717, 1.165) is 50.7 Å². The highest BCUT2D eigenvalue weighted by Crippen LogP contribution is 2.52. The lowest BCUT2D eigenvalue weighted by Crippen LogP contribution is -2.12. The fourth-order valence-corrected chi connectivity index (χ4v) is 4.66. The number of ether oxygens (including phenoxy) is 5. The zero-order valence-corrected chi connectivity index (χ0v) is 26.7. The van der Waals surface area contributed by atoms with Crippen molar-refractivity contribution in [3.8, 4) is 0 Å². The first kappa shape index (κ1) is 38.5. The number of aryl methyl sites for hydroxylation is 2. The molecule has 1 aromatic rings. The van der Waals surface area contributed by atoms with Crippen LogP contribution in [0.2, 0.25) is 0 Å². The van der Waals surface area contributed by atoms with Gasteiger partial charge < -0.3 is 23.7 Å². The number of carbonyl (C=O) groups is 2. The first-order valence-corrected chi connectivity index (χ1v) is 14.8. The van der Waals surface area contributed by atoms with E-state index in [2.05, 4.69) is 24.2 Å². The zero-order valence-electron chi connectivity index (χ0n) is 25.7. The van der Waals surface area contributed by atoms with Crippen LogP contribution in [-0.4, -0.2) is 86.2 Å². The molecule has 0 spiro atoms. The predicted molar refractivity (Wildman–Crippen MR) is 160 cm³/mol. The summed E-state index contributed by atoms with van der Waals surface area (Å²) in [5, 5.41) is 8.52. The van der Waals surface area contributed by atoms with Crippen molar-refractivity contribution < 1.29 is 33.3 Å². The van der Waals surface area contributed by atoms with Gasteiger partial charge >= 0.3 is 5.97 Å². The predicted octanol–water partition coefficient (Wildman–Crippen LogP) is 4.18. The van der Waals surface area contributed by atoms with Gasteiger partial charge in [-0.1, -0.05) is 26.0 Å². The van der Waals surface area contributed by atoms with Gasteiger partial charge in [-0.15, -0.1) is 5.10 Å². The molecule has 0 amide bonds. The highest BCUT2D eigenvalue weighted by atomic mass is 32.1. The Balaban J connectivity index is 0.000000702. The molecule has 0 radical (unpaired) electrons. The van der Waals surface area contributed by atoms with Gasteiger partial charge in [-0.2, -0.15) is 13.5 Å². The molecule has 0 aliphatic heterocycles. The molecule has 11 heteroatoms. The average Bonchev–Trinajstić information content (AvgIpc) is 3.43. The minimum Gasteiger partial charge on any atom is -0.466 e. The van der Waals surface area contributed by atoms with Crippen molar-refractivity contribution in [1.29, 1.82) is 0 Å². The number of nitrogens with zero attached hydrogens (tertiary/aromatic N) is 3. The monoisotopic (exact) mass is 589 g/mol. The number of hydrogen-bond acceptors (Lipinski definition) is 9. The summed E-state index contributed by atoms with van der Waals surface area (Å²) >= 11 is 0. The highest BCUT2D eigenvalue weighted by Gasteiger charge is 2.50. The molecule has 1 aromatic heterocycles. The Morgan fingerprint density at radius 1 is 0.825 bits per heavy atom. The Bertz CT molecular complexity index is 794. The zero-order chi connectivity index (χ0) is 28.9. The summed E-state index contributed by atoms with van der Waals surface area (Å²) in [6, 6.07) is 0. The van der Waals surface area contributed by atoms with Gasteiger partial charge in [0.2, 0.25) is 0 Å². The molecule has 3 unspecified atom stereocenters. The number of ketones is 1. The van der Waals surface area contributed by atoms with Crippen LogP contribution >= 0.6 is 13.5 Å². The maximum Gasteiger partial charge on any atom is 0.302 e. The summed E-state index contributed by atoms with van der Waals surface area (Å²) in [7, 11) is 0. The number of fused-ring (bicyclic) bond motifs is 2. The van der Waals surface area contributed by atoms with Crippen LogP contribution in [0.4, 0.5) is 0 Å². The standard InChI is InChI=1S/C14H21N3O2.C13H26O5.C2H6.H2S/c1-3-17-14-7-5-11-10(4-6-13(14)15-16-17)12(11)8-19-9(2)18;1-3-5-15-7-9-17-11-12-18-10-8-16-6-4-13(2)14;1-2;/h10-12H,3-8H2,1-2H3;3-12H2,1-2H3;1-2H3;1H2. The van der Waals surface area contributed by atoms with Gasteiger partial charge in [-0.25, -0.2) is 4.68 Å². The summed E-state index contributed by atoms with van der Waals surface area (Å²) in [6.45, 7) is 17.4. The molecule has 234 valence electrons. The van der Waals surface area contributed by atoms with E-state index in [1.807, 2.05) is 18.5 Å². The van der Waals surface area contributed by atoms with Gasteiger partial charge in [-0.3, -0.25) is 9.59 Å². The molecule has 0 bridgehead atoms. The minimum atomic E-state index is -0.161. The maximum absolute atomic E-state index is 10.9. The maximum atomic E-state index is 10.9. The molecular formula is C29H55N3O7S. The Hall–Kier alpha value is -1.53. The number of Topliss-reactive ketones (excluding diaryl/α,β-unsaturated/α-hetero) is 1. The molecule has 1 saturated carbocycles. The van der Waals surface area contributed by atoms with Crippen molar-refractivity contribution >= 4 is 25.2 Å². The van der Waals surface area contributed by atoms with Crippen molar-refractivity contribution in [3.05, 3.63) is 11.4 Å². The van der Waals surface area contributed by atoms with Gasteiger partial charge in [0, 0.05) is 26.5 Å². The lowest BCUT2D eigenvalue weighted by Gasteiger charge is -2.09. The van der Waals surface area contributed by atoms with Gasteiger partial charge in [0.25, 0.3) is 0 Å². The first-order valence-electron chi connectivity index (χ1n) is 14.8. The molecule has 2 aliphatic rings. The van der Waals surface area contributed by atoms with Crippen molar-refractivity contribution in [3.63, 3.8) is 0 Å². The largest absolute Gasteiger partial charge is 0.466 e. The van der Waals surface area contributed by atoms with E-state index in [1.165, 1.54) is 24.7 Å². The second-order valence-corrected chi connectivity index (χ2v) is 9.57. The van der Waals surface area contributed by atoms with Crippen LogP contribution in [0, 0.1) is 17.8 Å². The van der Waals surface area contributed by atoms with Crippen molar-refractivity contribution in [2.75, 3.05) is 59.5 Å². The molecule has 10 nitrogen and oxygen atoms in total. The van der Waals surface area contributed by atoms with E-state index in [0.29, 0.717) is 65.2 Å². The van der Waals surface area contributed by atoms with Crippen LogP contribution in [0.5, 0.6) is 0 Å². The first-order chi connectivity index (χ1) is 19.0. The van der Waals surface area contributed by atoms with Crippen LogP contribution in [-0.2, 0) is 52.7 Å². The van der Waals surface area contributed by atoms with Gasteiger partial charge in [0.1, 0.15) is 5.78 Å². The Morgan fingerprint density at radius 2 is 1.35 bits per heavy atom. The molecular weight excluding hydrogens is 534 g/mol. The smallest absolute Gasteiger partial charge is 0.302 e. The molecule has 1 heterocycles. The quantitative estimate of drug-likeness (QED) is 0.195. The van der Waals surface area contributed by atoms with Crippen LogP contribution in [0.25, 0.3) is 0 Å². The second-order valence-electron chi connectivity index (χ2n) is 9.57. The minimum absolute atomic E-state index is 0. The Labute approximate surface area is 248 Å². The van der Waals surface area contributed by atoms with Crippen LogP contribution in [0.1, 0.15) is 78.6 Å². The molecule has 2 aliphatic carbocycles. The fraction of sp³-hybridized carbons (Fsp3) is 0.862. The van der Waals surface area contributed by atoms with E-state index in [4.69, 9.17) is 23.7 Å². The molecule has 0 saturated heterocycles.